The van der Waals surface area contributed by atoms with Crippen LogP contribution in [0.25, 0.3) is 0 Å². The van der Waals surface area contributed by atoms with Crippen molar-refractivity contribution in [3.8, 4) is 0 Å². The number of amides is 1. The van der Waals surface area contributed by atoms with Crippen molar-refractivity contribution in [3.63, 3.8) is 0 Å². The van der Waals surface area contributed by atoms with E-state index in [0.717, 1.165) is 0 Å². The molecule has 0 spiro atoms. The summed E-state index contributed by atoms with van der Waals surface area (Å²) in [6.07, 6.45) is -3.45. The maximum Gasteiger partial charge on any atom is 0.508 e. The van der Waals surface area contributed by atoms with E-state index in [0.29, 0.717) is 5.57 Å². The highest BCUT2D eigenvalue weighted by Gasteiger charge is 2.76. The van der Waals surface area contributed by atoms with Crippen LogP contribution in [0, 0.1) is 42.9 Å². The fraction of sp³-hybridized carbons (Fsp3) is 0.724. The number of nitrogens with one attached hydrogen (secondary N) is 1. The number of halogens is 1. The van der Waals surface area contributed by atoms with Gasteiger partial charge in [0.15, 0.2) is 23.7 Å². The average molecular weight is 704 g/mol. The van der Waals surface area contributed by atoms with Crippen LogP contribution in [-0.4, -0.2) is 112 Å². The van der Waals surface area contributed by atoms with Crippen molar-refractivity contribution in [2.24, 2.45) is 22.7 Å². The van der Waals surface area contributed by atoms with Gasteiger partial charge in [-0.1, -0.05) is 24.6 Å². The van der Waals surface area contributed by atoms with Gasteiger partial charge in [-0.3, -0.25) is 9.59 Å². The first-order chi connectivity index (χ1) is 22.9. The normalized spacial score (nSPS) is 35.0. The molecule has 0 saturated heterocycles. The molecule has 49 heavy (non-hydrogen) atoms. The highest BCUT2D eigenvalue weighted by molar-refractivity contribution is 5.94. The van der Waals surface area contributed by atoms with E-state index >= 15 is 4.39 Å². The molecule has 4 rings (SSSR count). The van der Waals surface area contributed by atoms with E-state index in [9.17, 15) is 54.7 Å². The number of carbonyl (C=O) groups excluding carboxylic acids is 4. The molecule has 0 aromatic carbocycles. The largest absolute Gasteiger partial charge is 0.508 e. The van der Waals surface area contributed by atoms with Gasteiger partial charge in [-0.25, -0.2) is 14.0 Å². The minimum Gasteiger partial charge on any atom is -0.441 e. The van der Waals surface area contributed by atoms with Crippen molar-refractivity contribution >= 4 is 23.8 Å². The van der Waals surface area contributed by atoms with Crippen molar-refractivity contribution in [3.05, 3.63) is 44.0 Å². The van der Waals surface area contributed by atoms with Gasteiger partial charge in [0, 0.05) is 29.6 Å². The zero-order valence-corrected chi connectivity index (χ0v) is 26.6. The molecular formula is C29H38FN3O16. The van der Waals surface area contributed by atoms with Crippen LogP contribution < -0.4 is 5.32 Å². The Labute approximate surface area is 277 Å². The number of carbonyl (C=O) groups is 4. The molecule has 0 bridgehead atoms. The number of hydrogen-bond donors (Lipinski definition) is 4. The van der Waals surface area contributed by atoms with Crippen molar-refractivity contribution in [1.29, 1.82) is 0 Å². The highest BCUT2D eigenvalue weighted by Crippen LogP contribution is 2.69. The lowest BCUT2D eigenvalue weighted by molar-refractivity contribution is -0.790. The third-order valence-electron chi connectivity index (χ3n) is 10.4. The molecule has 20 heteroatoms. The lowest BCUT2D eigenvalue weighted by atomic mass is 9.45. The molecule has 0 heterocycles. The van der Waals surface area contributed by atoms with Crippen LogP contribution in [0.2, 0.25) is 0 Å². The Morgan fingerprint density at radius 3 is 2.45 bits per heavy atom. The van der Waals surface area contributed by atoms with Crippen LogP contribution in [0.4, 0.5) is 14.0 Å². The van der Waals surface area contributed by atoms with Gasteiger partial charge < -0.3 is 44.5 Å². The van der Waals surface area contributed by atoms with Crippen LogP contribution in [0.15, 0.2) is 23.8 Å². The Bertz CT molecular complexity index is 1430. The fourth-order valence-electron chi connectivity index (χ4n) is 7.96. The molecule has 0 aromatic rings. The molecule has 0 aromatic heterocycles. The predicted molar refractivity (Wildman–Crippen MR) is 156 cm³/mol. The predicted octanol–water partition coefficient (Wildman–Crippen LogP) is 0.683. The zero-order valence-electron chi connectivity index (χ0n) is 26.6. The summed E-state index contributed by atoms with van der Waals surface area (Å²) in [5, 5.41) is 54.6. The lowest BCUT2D eigenvalue weighted by Gasteiger charge is -2.61. The molecule has 19 nitrogen and oxygen atoms in total. The monoisotopic (exact) mass is 703 g/mol. The topological polar surface area (TPSA) is 273 Å². The second-order valence-corrected chi connectivity index (χ2v) is 12.9. The Kier molecular flexibility index (Phi) is 10.8. The summed E-state index contributed by atoms with van der Waals surface area (Å²) < 4.78 is 31.5. The summed E-state index contributed by atoms with van der Waals surface area (Å²) in [4.78, 5) is 78.3. The zero-order chi connectivity index (χ0) is 36.4. The molecular weight excluding hydrogens is 665 g/mol. The number of nitrogens with zero attached hydrogens (tertiary/aromatic N) is 2. The van der Waals surface area contributed by atoms with Gasteiger partial charge in [0.05, 0.1) is 25.4 Å². The molecule has 0 radical (unpaired) electrons. The SMILES string of the molecule is C[C@]12C=CC(=O)CC1=CC[C@H]1[C@@H]3C[C@@H](O)[C@](O)(C(=O)COC(=O)NCCOC(=O)OCCC(CO[N+](=O)[O-])O[N+](=O)[O-])[C@@]3(C)C[C@H](O)[C@@]12F. The maximum atomic E-state index is 17.2. The van der Waals surface area contributed by atoms with Gasteiger partial charge in [-0.15, -0.1) is 20.2 Å². The number of rotatable bonds is 14. The summed E-state index contributed by atoms with van der Waals surface area (Å²) in [5.41, 5.74) is -7.03. The molecule has 4 N–H and O–H groups in total. The standard InChI is InChI=1S/C29H38FN3O16/c1-26-7-5-17(34)11-16(26)3-4-19-20-12-21(35)29(40,27(20,2)13-22(36)28(19,26)30)23(37)15-47-24(38)31-8-10-46-25(39)45-9-6-18(49-33(43)44)14-48-32(41)42/h3,5,7,18-22,35-36,40H,4,6,8-15H2,1-2H3,(H,31,38)/t18?,19-,20-,21+,22-,26-,27-,28-,29-/m0/s1. The van der Waals surface area contributed by atoms with E-state index in [1.54, 1.807) is 13.0 Å². The number of aliphatic hydroxyl groups excluding tert-OH is 2. The third kappa shape index (κ3) is 6.89. The van der Waals surface area contributed by atoms with Gasteiger partial charge in [0.2, 0.25) is 5.78 Å². The maximum absolute atomic E-state index is 17.2. The Morgan fingerprint density at radius 1 is 1.08 bits per heavy atom. The Hall–Kier alpha value is -4.43. The van der Waals surface area contributed by atoms with E-state index < -0.39 is 113 Å². The number of aliphatic hydroxyl groups is 3. The van der Waals surface area contributed by atoms with Gasteiger partial charge in [0.25, 0.3) is 10.2 Å². The molecule has 1 amide bonds. The Morgan fingerprint density at radius 2 is 1.78 bits per heavy atom. The molecule has 9 atom stereocenters. The van der Waals surface area contributed by atoms with Crippen LogP contribution in [-0.2, 0) is 33.5 Å². The van der Waals surface area contributed by atoms with Crippen molar-refractivity contribution < 1.29 is 72.9 Å². The van der Waals surface area contributed by atoms with E-state index in [1.807, 2.05) is 0 Å². The number of hydrogen-bond acceptors (Lipinski definition) is 16. The fourth-order valence-corrected chi connectivity index (χ4v) is 7.96. The number of ether oxygens (including phenoxy) is 3. The van der Waals surface area contributed by atoms with E-state index in [1.165, 1.54) is 19.1 Å². The second kappa shape index (κ2) is 14.2. The van der Waals surface area contributed by atoms with Crippen molar-refractivity contribution in [1.82, 2.24) is 5.32 Å². The number of ketones is 2. The van der Waals surface area contributed by atoms with Crippen LogP contribution in [0.5, 0.6) is 0 Å². The van der Waals surface area contributed by atoms with Crippen molar-refractivity contribution in [2.75, 3.05) is 33.0 Å². The van der Waals surface area contributed by atoms with Crippen LogP contribution >= 0.6 is 0 Å². The first kappa shape index (κ1) is 37.4. The van der Waals surface area contributed by atoms with Gasteiger partial charge in [-0.05, 0) is 38.2 Å². The lowest BCUT2D eigenvalue weighted by Crippen LogP contribution is -2.69. The summed E-state index contributed by atoms with van der Waals surface area (Å²) >= 11 is 0. The number of allylic oxidation sites excluding steroid dienone is 4. The Balaban J connectivity index is 1.26. The molecule has 1 unspecified atom stereocenters. The minimum atomic E-state index is -2.50. The summed E-state index contributed by atoms with van der Waals surface area (Å²) in [5.74, 6) is -2.94. The molecule has 4 aliphatic rings. The van der Waals surface area contributed by atoms with Crippen molar-refractivity contribution in [2.45, 2.75) is 75.5 Å². The smallest absolute Gasteiger partial charge is 0.441 e. The molecule has 4 aliphatic carbocycles. The number of alkyl halides is 1. The number of alkyl carbamates (subject to hydrolysis) is 1. The first-order valence-electron chi connectivity index (χ1n) is 15.4. The molecule has 2 saturated carbocycles. The van der Waals surface area contributed by atoms with Crippen LogP contribution in [0.1, 0.15) is 46.0 Å². The third-order valence-corrected chi connectivity index (χ3v) is 10.4. The summed E-state index contributed by atoms with van der Waals surface area (Å²) in [6, 6.07) is 0. The first-order valence-corrected chi connectivity index (χ1v) is 15.4. The summed E-state index contributed by atoms with van der Waals surface area (Å²) in [7, 11) is 0. The van der Waals surface area contributed by atoms with Gasteiger partial charge in [0.1, 0.15) is 19.3 Å². The van der Waals surface area contributed by atoms with Gasteiger partial charge in [-0.2, -0.15) is 0 Å². The van der Waals surface area contributed by atoms with E-state index in [4.69, 9.17) is 9.47 Å². The molecule has 272 valence electrons. The van der Waals surface area contributed by atoms with E-state index in [-0.39, 0.29) is 38.0 Å². The van der Waals surface area contributed by atoms with Gasteiger partial charge >= 0.3 is 12.2 Å². The number of fused-ring (bicyclic) bond motifs is 5. The second-order valence-electron chi connectivity index (χ2n) is 12.9. The molecule has 2 fully saturated rings. The molecule has 0 aliphatic heterocycles. The quantitative estimate of drug-likeness (QED) is 0.0636. The average Bonchev–Trinajstić information content (AvgIpc) is 3.22. The van der Waals surface area contributed by atoms with E-state index in [2.05, 4.69) is 19.7 Å². The highest BCUT2D eigenvalue weighted by atomic mass is 19.1. The summed E-state index contributed by atoms with van der Waals surface area (Å²) in [6.45, 7) is 0.0256. The minimum absolute atomic E-state index is 0.0102. The number of Topliss-reactive ketones (excluding diaryl/α,β-unsaturated/α-hetero) is 1. The van der Waals surface area contributed by atoms with Crippen LogP contribution in [0.3, 0.4) is 0 Å².